The van der Waals surface area contributed by atoms with E-state index in [0.717, 1.165) is 63.9 Å². The second kappa shape index (κ2) is 7.85. The number of aliphatic hydroxyl groups excluding tert-OH is 1. The third kappa shape index (κ3) is 4.67. The molecule has 10 heteroatoms. The minimum Gasteiger partial charge on any atom is -0.402 e. The number of nitrogens with two attached hydrogens (primary N) is 1. The van der Waals surface area contributed by atoms with Gasteiger partial charge in [-0.1, -0.05) is 12.8 Å². The van der Waals surface area contributed by atoms with Crippen LogP contribution >= 0.6 is 0 Å². The number of hydrogen-bond acceptors (Lipinski definition) is 5. The number of ether oxygens (including phenoxy) is 1. The lowest BCUT2D eigenvalue weighted by molar-refractivity contribution is -0.274. The maximum Gasteiger partial charge on any atom is 0.573 e. The lowest BCUT2D eigenvalue weighted by Crippen LogP contribution is -2.64. The molecule has 2 aromatic rings. The lowest BCUT2D eigenvalue weighted by Gasteiger charge is -2.66. The van der Waals surface area contributed by atoms with Crippen LogP contribution in [0.5, 0.6) is 5.75 Å². The molecule has 2 bridgehead atoms. The van der Waals surface area contributed by atoms with Crippen LogP contribution < -0.4 is 10.5 Å². The summed E-state index contributed by atoms with van der Waals surface area (Å²) in [5.74, 6) is -0.273. The van der Waals surface area contributed by atoms with Crippen molar-refractivity contribution in [2.24, 2.45) is 11.3 Å². The zero-order valence-corrected chi connectivity index (χ0v) is 18.2. The topological polar surface area (TPSA) is 86.2 Å². The molecular formula is C23H28F4N4O2. The predicted octanol–water partition coefficient (Wildman–Crippen LogP) is 5.32. The Morgan fingerprint density at radius 3 is 2.58 bits per heavy atom. The van der Waals surface area contributed by atoms with E-state index in [9.17, 15) is 22.7 Å². The number of imidazole rings is 1. The number of alkyl halides is 4. The third-order valence-electron chi connectivity index (χ3n) is 7.23. The van der Waals surface area contributed by atoms with Crippen molar-refractivity contribution < 1.29 is 27.4 Å². The van der Waals surface area contributed by atoms with Gasteiger partial charge in [-0.25, -0.2) is 14.4 Å². The molecule has 3 N–H and O–H groups in total. The molecule has 2 heterocycles. The van der Waals surface area contributed by atoms with Crippen LogP contribution in [-0.4, -0.2) is 31.7 Å². The molecule has 0 aromatic carbocycles. The van der Waals surface area contributed by atoms with Gasteiger partial charge >= 0.3 is 6.36 Å². The highest BCUT2D eigenvalue weighted by atomic mass is 19.4. The number of nitrogen functional groups attached to an aromatic ring is 1. The van der Waals surface area contributed by atoms with E-state index in [0.29, 0.717) is 23.6 Å². The van der Waals surface area contributed by atoms with Crippen LogP contribution in [0.4, 0.5) is 23.4 Å². The van der Waals surface area contributed by atoms with Crippen LogP contribution in [0.3, 0.4) is 0 Å². The Labute approximate surface area is 189 Å². The summed E-state index contributed by atoms with van der Waals surface area (Å²) in [6.45, 7) is 0.639. The fourth-order valence-corrected chi connectivity index (χ4v) is 5.49. The minimum absolute atomic E-state index is 0.157. The molecule has 4 fully saturated rings. The first-order chi connectivity index (χ1) is 15.5. The number of rotatable bonds is 10. The molecule has 0 spiro atoms. The smallest absolute Gasteiger partial charge is 0.402 e. The van der Waals surface area contributed by atoms with Gasteiger partial charge in [0.05, 0.1) is 5.69 Å². The summed E-state index contributed by atoms with van der Waals surface area (Å²) in [5.41, 5.74) is 5.66. The lowest BCUT2D eigenvalue weighted by atomic mass is 9.41. The maximum atomic E-state index is 13.7. The summed E-state index contributed by atoms with van der Waals surface area (Å²) in [5, 5.41) is 10.7. The van der Waals surface area contributed by atoms with E-state index in [1.54, 1.807) is 6.20 Å². The van der Waals surface area contributed by atoms with Crippen molar-refractivity contribution in [1.29, 1.82) is 0 Å². The minimum atomic E-state index is -4.88. The van der Waals surface area contributed by atoms with Crippen molar-refractivity contribution in [2.75, 3.05) is 5.73 Å². The predicted molar refractivity (Wildman–Crippen MR) is 113 cm³/mol. The van der Waals surface area contributed by atoms with Crippen LogP contribution in [0.25, 0.3) is 11.3 Å². The summed E-state index contributed by atoms with van der Waals surface area (Å²) >= 11 is 0. The standard InChI is InChI=1S/C23H28F4N4O2/c24-22-11-21(12-22,13-22)6-2-1-3-7-31-10-16(30-20(31)18(32)14-4-5-14)15-8-17(19(28)29-9-15)33-23(25,26)27/h8-10,14,18,32H,1-7,11-13H2,(H2,28,29). The average Bonchev–Trinajstić information content (AvgIpc) is 3.45. The van der Waals surface area contributed by atoms with Gasteiger partial charge in [-0.3, -0.25) is 0 Å². The highest BCUT2D eigenvalue weighted by Gasteiger charge is 2.68. The molecule has 4 aliphatic rings. The Balaban J connectivity index is 1.26. The van der Waals surface area contributed by atoms with Gasteiger partial charge in [0.15, 0.2) is 11.6 Å². The largest absolute Gasteiger partial charge is 0.573 e. The number of halogens is 4. The molecular weight excluding hydrogens is 440 g/mol. The van der Waals surface area contributed by atoms with Gasteiger partial charge in [0, 0.05) is 24.5 Å². The number of nitrogens with zero attached hydrogens (tertiary/aromatic N) is 3. The quantitative estimate of drug-likeness (QED) is 0.364. The van der Waals surface area contributed by atoms with E-state index in [4.69, 9.17) is 5.73 Å². The van der Waals surface area contributed by atoms with Crippen molar-refractivity contribution in [3.63, 3.8) is 0 Å². The van der Waals surface area contributed by atoms with Crippen molar-refractivity contribution in [3.05, 3.63) is 24.3 Å². The zero-order chi connectivity index (χ0) is 23.4. The van der Waals surface area contributed by atoms with Gasteiger partial charge in [0.1, 0.15) is 17.6 Å². The number of hydrogen-bond donors (Lipinski definition) is 2. The molecule has 4 aliphatic carbocycles. The molecule has 6 nitrogen and oxygen atoms in total. The first-order valence-electron chi connectivity index (χ1n) is 11.5. The molecule has 0 amide bonds. The number of unbranched alkanes of at least 4 members (excludes halogenated alkanes) is 2. The molecule has 1 unspecified atom stereocenters. The van der Waals surface area contributed by atoms with Crippen LogP contribution in [-0.2, 0) is 6.54 Å². The van der Waals surface area contributed by atoms with Crippen molar-refractivity contribution in [2.45, 2.75) is 82.5 Å². The number of aromatic nitrogens is 3. The summed E-state index contributed by atoms with van der Waals surface area (Å²) < 4.78 is 57.5. The second-order valence-corrected chi connectivity index (χ2v) is 10.1. The van der Waals surface area contributed by atoms with Gasteiger partial charge in [0.2, 0.25) is 0 Å². The van der Waals surface area contributed by atoms with E-state index in [1.165, 1.54) is 6.20 Å². The van der Waals surface area contributed by atoms with E-state index in [-0.39, 0.29) is 17.2 Å². The summed E-state index contributed by atoms with van der Waals surface area (Å²) in [4.78, 5) is 8.35. The van der Waals surface area contributed by atoms with Crippen molar-refractivity contribution >= 4 is 5.82 Å². The van der Waals surface area contributed by atoms with E-state index >= 15 is 0 Å². The Morgan fingerprint density at radius 1 is 1.21 bits per heavy atom. The number of pyridine rings is 1. The molecule has 33 heavy (non-hydrogen) atoms. The highest BCUT2D eigenvalue weighted by molar-refractivity contribution is 5.63. The molecule has 0 aliphatic heterocycles. The van der Waals surface area contributed by atoms with E-state index < -0.39 is 23.9 Å². The maximum absolute atomic E-state index is 13.7. The Bertz CT molecular complexity index is 1010. The summed E-state index contributed by atoms with van der Waals surface area (Å²) in [6.07, 6.45) is 5.46. The van der Waals surface area contributed by atoms with Gasteiger partial charge < -0.3 is 20.1 Å². The Hall–Kier alpha value is -2.36. The zero-order valence-electron chi connectivity index (χ0n) is 18.2. The number of anilines is 1. The molecule has 4 saturated carbocycles. The molecule has 2 aromatic heterocycles. The monoisotopic (exact) mass is 468 g/mol. The molecule has 180 valence electrons. The average molecular weight is 468 g/mol. The fourth-order valence-electron chi connectivity index (χ4n) is 5.49. The van der Waals surface area contributed by atoms with Crippen molar-refractivity contribution in [3.8, 4) is 17.0 Å². The molecule has 0 radical (unpaired) electrons. The molecule has 6 rings (SSSR count). The van der Waals surface area contributed by atoms with Crippen LogP contribution in [0.2, 0.25) is 0 Å². The van der Waals surface area contributed by atoms with E-state index in [1.807, 2.05) is 4.57 Å². The van der Waals surface area contributed by atoms with Crippen LogP contribution in [0.15, 0.2) is 18.5 Å². The molecule has 0 saturated heterocycles. The summed E-state index contributed by atoms with van der Waals surface area (Å²) in [6, 6.07) is 1.16. The van der Waals surface area contributed by atoms with Gasteiger partial charge in [-0.2, -0.15) is 0 Å². The third-order valence-corrected chi connectivity index (χ3v) is 7.23. The highest BCUT2D eigenvalue weighted by Crippen LogP contribution is 2.71. The van der Waals surface area contributed by atoms with Gasteiger partial charge in [-0.15, -0.1) is 13.2 Å². The normalized spacial score (nSPS) is 27.1. The van der Waals surface area contributed by atoms with Gasteiger partial charge in [0.25, 0.3) is 0 Å². The van der Waals surface area contributed by atoms with Gasteiger partial charge in [-0.05, 0) is 62.3 Å². The molecule has 1 atom stereocenters. The number of aryl methyl sites for hydroxylation is 1. The fraction of sp³-hybridized carbons (Fsp3) is 0.652. The Kier molecular flexibility index (Phi) is 5.34. The van der Waals surface area contributed by atoms with E-state index in [2.05, 4.69) is 14.7 Å². The second-order valence-electron chi connectivity index (χ2n) is 10.1. The Morgan fingerprint density at radius 2 is 1.94 bits per heavy atom. The van der Waals surface area contributed by atoms with Crippen molar-refractivity contribution in [1.82, 2.24) is 14.5 Å². The first-order valence-corrected chi connectivity index (χ1v) is 11.5. The summed E-state index contributed by atoms with van der Waals surface area (Å²) in [7, 11) is 0. The number of aliphatic hydroxyl groups is 1. The van der Waals surface area contributed by atoms with Crippen LogP contribution in [0.1, 0.15) is 69.7 Å². The first kappa shape index (κ1) is 22.4. The van der Waals surface area contributed by atoms with Crippen LogP contribution in [0, 0.1) is 11.3 Å². The SMILES string of the molecule is Nc1ncc(-c2cn(CCCCCC34CC(F)(C3)C4)c(C(O)C3CC3)n2)cc1OC(F)(F)F.